The number of esters is 1. The lowest BCUT2D eigenvalue weighted by Crippen LogP contribution is -2.32. The lowest BCUT2D eigenvalue weighted by Gasteiger charge is -2.32. The Morgan fingerprint density at radius 3 is 2.59 bits per heavy atom. The van der Waals surface area contributed by atoms with Gasteiger partial charge in [-0.15, -0.1) is 0 Å². The van der Waals surface area contributed by atoms with Crippen molar-refractivity contribution in [3.63, 3.8) is 0 Å². The van der Waals surface area contributed by atoms with Gasteiger partial charge in [-0.3, -0.25) is 14.3 Å². The molecule has 0 spiro atoms. The van der Waals surface area contributed by atoms with E-state index in [2.05, 4.69) is 17.0 Å². The minimum absolute atomic E-state index is 0.203. The maximum Gasteiger partial charge on any atom is 0.309 e. The summed E-state index contributed by atoms with van der Waals surface area (Å²) in [5.41, 5.74) is 7.09. The second-order valence-electron chi connectivity index (χ2n) is 8.41. The van der Waals surface area contributed by atoms with Crippen molar-refractivity contribution >= 4 is 23.4 Å². The van der Waals surface area contributed by atoms with E-state index in [1.54, 1.807) is 10.9 Å². The van der Waals surface area contributed by atoms with Crippen LogP contribution in [0.4, 0.5) is 11.5 Å². The van der Waals surface area contributed by atoms with E-state index in [0.717, 1.165) is 11.3 Å². The molecule has 1 saturated carbocycles. The van der Waals surface area contributed by atoms with Crippen LogP contribution in [0.25, 0.3) is 0 Å². The monoisotopic (exact) mass is 396 g/mol. The lowest BCUT2D eigenvalue weighted by atomic mass is 9.83. The van der Waals surface area contributed by atoms with E-state index in [1.807, 2.05) is 51.1 Å². The molecule has 3 rings (SSSR count). The Hall–Kier alpha value is -3.09. The number of primary amides is 1. The number of nitrogens with zero attached hydrogens (tertiary/aromatic N) is 2. The zero-order valence-corrected chi connectivity index (χ0v) is 17.1. The van der Waals surface area contributed by atoms with Gasteiger partial charge >= 0.3 is 5.97 Å². The van der Waals surface area contributed by atoms with E-state index in [4.69, 9.17) is 10.5 Å². The Morgan fingerprint density at radius 2 is 1.97 bits per heavy atom. The molecule has 3 N–H and O–H groups in total. The number of rotatable bonds is 5. The first-order chi connectivity index (χ1) is 13.6. The third kappa shape index (κ3) is 5.04. The summed E-state index contributed by atoms with van der Waals surface area (Å²) in [4.78, 5) is 24.5. The van der Waals surface area contributed by atoms with E-state index in [0.29, 0.717) is 30.6 Å². The molecule has 0 aliphatic heterocycles. The molecule has 1 aromatic heterocycles. The van der Waals surface area contributed by atoms with Gasteiger partial charge < -0.3 is 15.8 Å². The van der Waals surface area contributed by atoms with Crippen LogP contribution < -0.4 is 11.1 Å². The van der Waals surface area contributed by atoms with Crippen LogP contribution in [0.15, 0.2) is 48.7 Å². The van der Waals surface area contributed by atoms with Gasteiger partial charge in [0, 0.05) is 11.9 Å². The zero-order chi connectivity index (χ0) is 21.2. The molecule has 1 fully saturated rings. The molecule has 154 valence electrons. The molecule has 1 aliphatic rings. The standard InChI is InChI=1S/C22H28N4O3/c1-14-10-11-15(21(28)29-22(2,3)4)12-18(14)26-13-17(19(23)27)20(25-26)24-16-8-6-5-7-9-16/h5-9,13,15,18H,1,10-12H2,2-4H3,(H2,23,27)(H,24,25)/t15?,18-/m0/s1. The number of aromatic nitrogens is 2. The van der Waals surface area contributed by atoms with Crippen molar-refractivity contribution in [3.8, 4) is 0 Å². The number of para-hydroxylation sites is 1. The fourth-order valence-electron chi connectivity index (χ4n) is 3.46. The Morgan fingerprint density at radius 1 is 1.28 bits per heavy atom. The van der Waals surface area contributed by atoms with E-state index in [1.165, 1.54) is 0 Å². The summed E-state index contributed by atoms with van der Waals surface area (Å²) in [6, 6.07) is 9.23. The lowest BCUT2D eigenvalue weighted by molar-refractivity contribution is -0.161. The van der Waals surface area contributed by atoms with Crippen molar-refractivity contribution in [3.05, 3.63) is 54.2 Å². The third-order valence-electron chi connectivity index (χ3n) is 4.89. The van der Waals surface area contributed by atoms with Crippen LogP contribution in [0.2, 0.25) is 0 Å². The average Bonchev–Trinajstić information content (AvgIpc) is 3.05. The van der Waals surface area contributed by atoms with Gasteiger partial charge in [0.2, 0.25) is 0 Å². The molecule has 1 amide bonds. The Balaban J connectivity index is 1.84. The number of carbonyl (C=O) groups excluding carboxylic acids is 2. The van der Waals surface area contributed by atoms with Gasteiger partial charge in [-0.1, -0.05) is 30.4 Å². The molecule has 1 heterocycles. The fraction of sp³-hybridized carbons (Fsp3) is 0.409. The number of carbonyl (C=O) groups is 2. The molecule has 1 aliphatic carbocycles. The number of allylic oxidation sites excluding steroid dienone is 1. The molecule has 7 nitrogen and oxygen atoms in total. The van der Waals surface area contributed by atoms with Gasteiger partial charge in [0.05, 0.1) is 12.0 Å². The molecule has 2 aromatic rings. The van der Waals surface area contributed by atoms with Gasteiger partial charge in [0.15, 0.2) is 5.82 Å². The van der Waals surface area contributed by atoms with Crippen LogP contribution in [0.1, 0.15) is 56.4 Å². The highest BCUT2D eigenvalue weighted by molar-refractivity contribution is 5.98. The highest BCUT2D eigenvalue weighted by atomic mass is 16.6. The molecular weight excluding hydrogens is 368 g/mol. The summed E-state index contributed by atoms with van der Waals surface area (Å²) >= 11 is 0. The number of hydrogen-bond donors (Lipinski definition) is 2. The highest BCUT2D eigenvalue weighted by Gasteiger charge is 2.34. The van der Waals surface area contributed by atoms with Crippen molar-refractivity contribution < 1.29 is 14.3 Å². The average molecular weight is 396 g/mol. The Bertz CT molecular complexity index is 912. The van der Waals surface area contributed by atoms with Crippen LogP contribution in [0, 0.1) is 5.92 Å². The molecule has 7 heteroatoms. The first-order valence-electron chi connectivity index (χ1n) is 9.75. The zero-order valence-electron chi connectivity index (χ0n) is 17.1. The van der Waals surface area contributed by atoms with Gasteiger partial charge in [0.1, 0.15) is 11.2 Å². The van der Waals surface area contributed by atoms with Crippen LogP contribution in [-0.2, 0) is 9.53 Å². The van der Waals surface area contributed by atoms with Gasteiger partial charge in [0.25, 0.3) is 5.91 Å². The van der Waals surface area contributed by atoms with E-state index < -0.39 is 11.5 Å². The molecular formula is C22H28N4O3. The number of nitrogens with one attached hydrogen (secondary N) is 1. The predicted molar refractivity (Wildman–Crippen MR) is 112 cm³/mol. The van der Waals surface area contributed by atoms with E-state index >= 15 is 0 Å². The van der Waals surface area contributed by atoms with E-state index in [-0.39, 0.29) is 17.9 Å². The molecule has 0 saturated heterocycles. The molecule has 0 radical (unpaired) electrons. The first kappa shape index (κ1) is 20.6. The fourth-order valence-corrected chi connectivity index (χ4v) is 3.46. The van der Waals surface area contributed by atoms with Crippen molar-refractivity contribution in [1.29, 1.82) is 0 Å². The van der Waals surface area contributed by atoms with E-state index in [9.17, 15) is 9.59 Å². The van der Waals surface area contributed by atoms with Gasteiger partial charge in [-0.05, 0) is 52.2 Å². The number of benzene rings is 1. The van der Waals surface area contributed by atoms with Crippen LogP contribution in [0.3, 0.4) is 0 Å². The summed E-state index contributed by atoms with van der Waals surface area (Å²) in [7, 11) is 0. The summed E-state index contributed by atoms with van der Waals surface area (Å²) < 4.78 is 7.24. The SMILES string of the molecule is C=C1CCC(C(=O)OC(C)(C)C)C[C@@H]1n1cc(C(N)=O)c(Nc2ccccc2)n1. The number of anilines is 2. The minimum atomic E-state index is -0.570. The minimum Gasteiger partial charge on any atom is -0.460 e. The van der Waals surface area contributed by atoms with Gasteiger partial charge in [-0.25, -0.2) is 0 Å². The maximum absolute atomic E-state index is 12.6. The predicted octanol–water partition coefficient (Wildman–Crippen LogP) is 3.96. The highest BCUT2D eigenvalue weighted by Crippen LogP contribution is 2.37. The van der Waals surface area contributed by atoms with Gasteiger partial charge in [-0.2, -0.15) is 5.10 Å². The van der Waals surface area contributed by atoms with Crippen molar-refractivity contribution in [1.82, 2.24) is 9.78 Å². The van der Waals surface area contributed by atoms with Crippen molar-refractivity contribution in [2.24, 2.45) is 11.7 Å². The molecule has 1 aromatic carbocycles. The summed E-state index contributed by atoms with van der Waals surface area (Å²) in [5.74, 6) is -0.632. The Labute approximate surface area is 170 Å². The summed E-state index contributed by atoms with van der Waals surface area (Å²) in [6.45, 7) is 9.74. The Kier molecular flexibility index (Phi) is 5.77. The number of hydrogen-bond acceptors (Lipinski definition) is 5. The normalized spacial score (nSPS) is 19.6. The largest absolute Gasteiger partial charge is 0.460 e. The number of amides is 1. The second-order valence-corrected chi connectivity index (χ2v) is 8.41. The van der Waals surface area contributed by atoms with Crippen LogP contribution >= 0.6 is 0 Å². The number of nitrogens with two attached hydrogens (primary N) is 1. The van der Waals surface area contributed by atoms with Crippen molar-refractivity contribution in [2.45, 2.75) is 51.7 Å². The topological polar surface area (TPSA) is 99.2 Å². The quantitative estimate of drug-likeness (QED) is 0.589. The number of ether oxygens (including phenoxy) is 1. The maximum atomic E-state index is 12.6. The second kappa shape index (κ2) is 8.11. The molecule has 29 heavy (non-hydrogen) atoms. The smallest absolute Gasteiger partial charge is 0.309 e. The van der Waals surface area contributed by atoms with Crippen LogP contribution in [-0.4, -0.2) is 27.3 Å². The van der Waals surface area contributed by atoms with Crippen molar-refractivity contribution in [2.75, 3.05) is 5.32 Å². The molecule has 2 atom stereocenters. The summed E-state index contributed by atoms with van der Waals surface area (Å²) in [6.07, 6.45) is 3.55. The summed E-state index contributed by atoms with van der Waals surface area (Å²) in [5, 5.41) is 7.70. The molecule has 1 unspecified atom stereocenters. The molecule has 0 bridgehead atoms. The van der Waals surface area contributed by atoms with Crippen LogP contribution in [0.5, 0.6) is 0 Å². The third-order valence-corrected chi connectivity index (χ3v) is 4.89. The first-order valence-corrected chi connectivity index (χ1v) is 9.75.